The Kier molecular flexibility index (Phi) is 4.31. The van der Waals surface area contributed by atoms with Crippen molar-refractivity contribution in [2.24, 2.45) is 0 Å². The Hall–Kier alpha value is -0.800. The molecule has 2 aromatic rings. The van der Waals surface area contributed by atoms with E-state index in [4.69, 9.17) is 0 Å². The number of ketones is 1. The number of benzene rings is 1. The maximum atomic E-state index is 13.5. The van der Waals surface area contributed by atoms with Crippen molar-refractivity contribution in [2.45, 2.75) is 0 Å². The van der Waals surface area contributed by atoms with Crippen LogP contribution in [0.5, 0.6) is 0 Å². The second-order valence-corrected chi connectivity index (χ2v) is 6.03. The van der Waals surface area contributed by atoms with Gasteiger partial charge in [0.2, 0.25) is 11.6 Å². The first-order chi connectivity index (χ1) is 9.27. The molecule has 2 rings (SSSR count). The third-order valence-corrected chi connectivity index (χ3v) is 5.86. The van der Waals surface area contributed by atoms with Crippen LogP contribution < -0.4 is 0 Å². The van der Waals surface area contributed by atoms with Crippen molar-refractivity contribution < 1.29 is 26.7 Å². The molecule has 0 aliphatic rings. The summed E-state index contributed by atoms with van der Waals surface area (Å²) >= 11 is 6.83. The fourth-order valence-corrected chi connectivity index (χ4v) is 3.49. The van der Waals surface area contributed by atoms with Gasteiger partial charge in [0.25, 0.3) is 0 Å². The molecule has 1 heterocycles. The van der Waals surface area contributed by atoms with Gasteiger partial charge in [-0.15, -0.1) is 11.3 Å². The molecule has 0 aliphatic heterocycles. The maximum absolute atomic E-state index is 13.5. The van der Waals surface area contributed by atoms with Crippen LogP contribution >= 0.6 is 43.2 Å². The van der Waals surface area contributed by atoms with Crippen molar-refractivity contribution in [1.29, 1.82) is 0 Å². The molecule has 0 aliphatic carbocycles. The van der Waals surface area contributed by atoms with Gasteiger partial charge in [0.05, 0.1) is 9.35 Å². The number of rotatable bonds is 2. The van der Waals surface area contributed by atoms with E-state index >= 15 is 0 Å². The molecule has 106 valence electrons. The van der Waals surface area contributed by atoms with Gasteiger partial charge < -0.3 is 0 Å². The van der Waals surface area contributed by atoms with Gasteiger partial charge in [-0.2, -0.15) is 0 Å². The summed E-state index contributed by atoms with van der Waals surface area (Å²) in [6.45, 7) is 0. The molecular weight excluding hydrogens is 435 g/mol. The van der Waals surface area contributed by atoms with Crippen molar-refractivity contribution >= 4 is 49.0 Å². The van der Waals surface area contributed by atoms with Crippen molar-refractivity contribution in [1.82, 2.24) is 0 Å². The highest BCUT2D eigenvalue weighted by molar-refractivity contribution is 9.13. The maximum Gasteiger partial charge on any atom is 0.210 e. The topological polar surface area (TPSA) is 17.1 Å². The predicted octanol–water partition coefficient (Wildman–Crippen LogP) is 5.20. The third-order valence-electron chi connectivity index (χ3n) is 2.33. The average molecular weight is 436 g/mol. The minimum atomic E-state index is -2.30. The summed E-state index contributed by atoms with van der Waals surface area (Å²) in [5, 5.41) is 1.43. The van der Waals surface area contributed by atoms with Crippen LogP contribution in [-0.2, 0) is 0 Å². The number of carbonyl (C=O) groups is 1. The number of hydrogen-bond acceptors (Lipinski definition) is 2. The van der Waals surface area contributed by atoms with E-state index in [0.717, 1.165) is 11.3 Å². The summed E-state index contributed by atoms with van der Waals surface area (Å²) in [7, 11) is 0. The highest BCUT2D eigenvalue weighted by Crippen LogP contribution is 2.35. The lowest BCUT2D eigenvalue weighted by molar-refractivity contribution is 0.103. The lowest BCUT2D eigenvalue weighted by Crippen LogP contribution is -2.13. The van der Waals surface area contributed by atoms with Gasteiger partial charge in [0.1, 0.15) is 5.56 Å². The summed E-state index contributed by atoms with van der Waals surface area (Å²) in [6.07, 6.45) is 0. The molecular formula is C11HBr2F5OS. The largest absolute Gasteiger partial charge is 0.287 e. The average Bonchev–Trinajstić information content (AvgIpc) is 2.74. The van der Waals surface area contributed by atoms with Gasteiger partial charge in [-0.1, -0.05) is 0 Å². The molecule has 0 atom stereocenters. The van der Waals surface area contributed by atoms with Crippen LogP contribution in [0.25, 0.3) is 0 Å². The fraction of sp³-hybridized carbons (Fsp3) is 0. The minimum absolute atomic E-state index is 0.177. The summed E-state index contributed by atoms with van der Waals surface area (Å²) in [4.78, 5) is 11.8. The van der Waals surface area contributed by atoms with E-state index in [2.05, 4.69) is 31.9 Å². The number of hydrogen-bond donors (Lipinski definition) is 0. The first-order valence-electron chi connectivity index (χ1n) is 4.76. The molecule has 1 aromatic heterocycles. The lowest BCUT2D eigenvalue weighted by Gasteiger charge is -2.06. The van der Waals surface area contributed by atoms with E-state index in [1.54, 1.807) is 0 Å². The number of halogens is 7. The Bertz CT molecular complexity index is 699. The zero-order valence-corrected chi connectivity index (χ0v) is 13.0. The van der Waals surface area contributed by atoms with E-state index in [0.29, 0.717) is 4.47 Å². The van der Waals surface area contributed by atoms with Crippen molar-refractivity contribution in [2.75, 3.05) is 0 Å². The first kappa shape index (κ1) is 15.6. The van der Waals surface area contributed by atoms with Gasteiger partial charge in [-0.05, 0) is 31.9 Å². The molecule has 0 bridgehead atoms. The van der Waals surface area contributed by atoms with Crippen LogP contribution in [0.3, 0.4) is 0 Å². The first-order valence-corrected chi connectivity index (χ1v) is 7.22. The molecule has 1 nitrogen and oxygen atoms in total. The van der Waals surface area contributed by atoms with Crippen LogP contribution in [0, 0.1) is 29.1 Å². The smallest absolute Gasteiger partial charge is 0.210 e. The standard InChI is InChI=1S/C11HBr2F5OS/c12-2-1-20-11(4(2)13)10(19)3-5(14)7(16)9(18)8(17)6(3)15/h1H. The molecule has 0 amide bonds. The van der Waals surface area contributed by atoms with Crippen molar-refractivity contribution in [3.63, 3.8) is 0 Å². The molecule has 20 heavy (non-hydrogen) atoms. The molecule has 0 saturated carbocycles. The van der Waals surface area contributed by atoms with Crippen LogP contribution in [-0.4, -0.2) is 5.78 Å². The molecule has 9 heteroatoms. The quantitative estimate of drug-likeness (QED) is 0.274. The molecule has 0 N–H and O–H groups in total. The number of thiophene rings is 1. The Morgan fingerprint density at radius 3 is 1.75 bits per heavy atom. The zero-order chi connectivity index (χ0) is 15.2. The van der Waals surface area contributed by atoms with Crippen molar-refractivity contribution in [3.05, 3.63) is 53.9 Å². The number of carbonyl (C=O) groups excluding carboxylic acids is 1. The van der Waals surface area contributed by atoms with Crippen LogP contribution in [0.4, 0.5) is 22.0 Å². The van der Waals surface area contributed by atoms with Crippen LogP contribution in [0.15, 0.2) is 14.3 Å². The Morgan fingerprint density at radius 1 is 0.900 bits per heavy atom. The van der Waals surface area contributed by atoms with E-state index in [1.165, 1.54) is 5.38 Å². The van der Waals surface area contributed by atoms with Gasteiger partial charge >= 0.3 is 0 Å². The molecule has 0 fully saturated rings. The van der Waals surface area contributed by atoms with E-state index < -0.39 is 40.4 Å². The summed E-state index contributed by atoms with van der Waals surface area (Å²) in [6, 6.07) is 0. The Balaban J connectivity index is 2.71. The summed E-state index contributed by atoms with van der Waals surface area (Å²) in [5.41, 5.74) is -1.48. The lowest BCUT2D eigenvalue weighted by atomic mass is 10.1. The van der Waals surface area contributed by atoms with E-state index in [-0.39, 0.29) is 9.35 Å². The van der Waals surface area contributed by atoms with Crippen LogP contribution in [0.1, 0.15) is 15.2 Å². The van der Waals surface area contributed by atoms with Gasteiger partial charge in [0.15, 0.2) is 23.3 Å². The molecule has 0 spiro atoms. The summed E-state index contributed by atoms with van der Waals surface area (Å²) < 4.78 is 66.6. The monoisotopic (exact) mass is 434 g/mol. The predicted molar refractivity (Wildman–Crippen MR) is 69.4 cm³/mol. The van der Waals surface area contributed by atoms with E-state index in [9.17, 15) is 26.7 Å². The normalized spacial score (nSPS) is 10.9. The minimum Gasteiger partial charge on any atom is -0.287 e. The highest BCUT2D eigenvalue weighted by atomic mass is 79.9. The Morgan fingerprint density at radius 2 is 1.35 bits per heavy atom. The van der Waals surface area contributed by atoms with E-state index in [1.807, 2.05) is 0 Å². The summed E-state index contributed by atoms with van der Waals surface area (Å²) in [5.74, 6) is -12.2. The SMILES string of the molecule is O=C(c1scc(Br)c1Br)c1c(F)c(F)c(F)c(F)c1F. The highest BCUT2D eigenvalue weighted by Gasteiger charge is 2.31. The van der Waals surface area contributed by atoms with Gasteiger partial charge in [-0.25, -0.2) is 22.0 Å². The molecule has 0 saturated heterocycles. The molecule has 0 unspecified atom stereocenters. The third kappa shape index (κ3) is 2.31. The second kappa shape index (κ2) is 5.53. The van der Waals surface area contributed by atoms with Gasteiger partial charge in [-0.3, -0.25) is 4.79 Å². The second-order valence-electron chi connectivity index (χ2n) is 3.50. The zero-order valence-electron chi connectivity index (χ0n) is 9.04. The van der Waals surface area contributed by atoms with Crippen LogP contribution in [0.2, 0.25) is 0 Å². The van der Waals surface area contributed by atoms with Gasteiger partial charge in [0, 0.05) is 9.85 Å². The Labute approximate surface area is 129 Å². The molecule has 1 aromatic carbocycles. The fourth-order valence-electron chi connectivity index (χ4n) is 1.39. The van der Waals surface area contributed by atoms with Crippen molar-refractivity contribution in [3.8, 4) is 0 Å². The molecule has 0 radical (unpaired) electrons.